The van der Waals surface area contributed by atoms with Crippen LogP contribution in [-0.2, 0) is 11.2 Å². The number of carboxylic acids is 1. The molecule has 0 spiro atoms. The molecule has 0 fully saturated rings. The Morgan fingerprint density at radius 3 is 2.43 bits per heavy atom. The predicted molar refractivity (Wildman–Crippen MR) is 46.5 cm³/mol. The first-order valence-corrected chi connectivity index (χ1v) is 4.00. The number of benzene rings is 1. The van der Waals surface area contributed by atoms with Gasteiger partial charge in [0.05, 0.1) is 0 Å². The fourth-order valence-electron chi connectivity index (χ4n) is 1.04. The molecule has 14 heavy (non-hydrogen) atoms. The number of carboxylic acid groups (broad SMARTS) is 1. The standard InChI is InChI=1S/C9H10FNO3/c10-7-3-1-6(2-4-7)5-8(11-14)9(12)13/h1-4,8,11,14H,5H2,(H,12,13)/t8-/m0/s1. The highest BCUT2D eigenvalue weighted by Gasteiger charge is 2.16. The molecule has 0 aliphatic heterocycles. The largest absolute Gasteiger partial charge is 0.480 e. The van der Waals surface area contributed by atoms with Crippen LogP contribution in [0.15, 0.2) is 24.3 Å². The van der Waals surface area contributed by atoms with E-state index in [2.05, 4.69) is 0 Å². The molecular formula is C9H10FNO3. The molecule has 0 saturated carbocycles. The summed E-state index contributed by atoms with van der Waals surface area (Å²) in [6.07, 6.45) is 0.103. The van der Waals surface area contributed by atoms with Gasteiger partial charge >= 0.3 is 5.97 Å². The number of rotatable bonds is 4. The van der Waals surface area contributed by atoms with Gasteiger partial charge in [0.1, 0.15) is 11.9 Å². The van der Waals surface area contributed by atoms with E-state index in [-0.39, 0.29) is 12.2 Å². The molecule has 0 aliphatic carbocycles. The summed E-state index contributed by atoms with van der Waals surface area (Å²) in [5.74, 6) is -1.53. The molecule has 0 bridgehead atoms. The molecule has 0 heterocycles. The number of hydroxylamine groups is 1. The highest BCUT2D eigenvalue weighted by molar-refractivity contribution is 5.73. The van der Waals surface area contributed by atoms with E-state index in [1.807, 2.05) is 0 Å². The van der Waals surface area contributed by atoms with Crippen molar-refractivity contribution in [3.63, 3.8) is 0 Å². The minimum atomic E-state index is -1.16. The van der Waals surface area contributed by atoms with E-state index in [4.69, 9.17) is 10.3 Å². The molecule has 0 aliphatic rings. The number of hydrogen-bond acceptors (Lipinski definition) is 3. The van der Waals surface area contributed by atoms with Crippen molar-refractivity contribution in [3.05, 3.63) is 35.6 Å². The average Bonchev–Trinajstić information content (AvgIpc) is 2.16. The first kappa shape index (κ1) is 10.6. The minimum absolute atomic E-state index is 0.103. The smallest absolute Gasteiger partial charge is 0.323 e. The summed E-state index contributed by atoms with van der Waals surface area (Å²) in [6.45, 7) is 0. The summed E-state index contributed by atoms with van der Waals surface area (Å²) in [5, 5.41) is 17.1. The van der Waals surface area contributed by atoms with Gasteiger partial charge < -0.3 is 10.3 Å². The van der Waals surface area contributed by atoms with Crippen LogP contribution < -0.4 is 5.48 Å². The topological polar surface area (TPSA) is 69.6 Å². The van der Waals surface area contributed by atoms with Crippen molar-refractivity contribution in [2.24, 2.45) is 0 Å². The van der Waals surface area contributed by atoms with Crippen molar-refractivity contribution in [1.29, 1.82) is 0 Å². The van der Waals surface area contributed by atoms with E-state index in [0.717, 1.165) is 0 Å². The molecule has 0 aromatic heterocycles. The highest BCUT2D eigenvalue weighted by Crippen LogP contribution is 2.05. The Balaban J connectivity index is 2.67. The van der Waals surface area contributed by atoms with E-state index in [1.165, 1.54) is 24.3 Å². The zero-order valence-corrected chi connectivity index (χ0v) is 7.27. The van der Waals surface area contributed by atoms with Crippen LogP contribution in [0.5, 0.6) is 0 Å². The lowest BCUT2D eigenvalue weighted by atomic mass is 10.1. The summed E-state index contributed by atoms with van der Waals surface area (Å²) in [6, 6.07) is 4.36. The van der Waals surface area contributed by atoms with Gasteiger partial charge in [0.25, 0.3) is 0 Å². The molecule has 1 aromatic rings. The van der Waals surface area contributed by atoms with Gasteiger partial charge in [-0.3, -0.25) is 4.79 Å². The van der Waals surface area contributed by atoms with Gasteiger partial charge in [-0.15, -0.1) is 0 Å². The van der Waals surface area contributed by atoms with E-state index in [9.17, 15) is 9.18 Å². The maximum Gasteiger partial charge on any atom is 0.323 e. The Morgan fingerprint density at radius 1 is 1.43 bits per heavy atom. The molecular weight excluding hydrogens is 189 g/mol. The Hall–Kier alpha value is -1.46. The van der Waals surface area contributed by atoms with Crippen LogP contribution >= 0.6 is 0 Å². The summed E-state index contributed by atoms with van der Waals surface area (Å²) >= 11 is 0. The van der Waals surface area contributed by atoms with Crippen molar-refractivity contribution in [3.8, 4) is 0 Å². The van der Waals surface area contributed by atoms with Crippen LogP contribution in [0.2, 0.25) is 0 Å². The van der Waals surface area contributed by atoms with Crippen molar-refractivity contribution in [1.82, 2.24) is 5.48 Å². The molecule has 0 unspecified atom stereocenters. The molecule has 1 rings (SSSR count). The Labute approximate surface area is 79.9 Å². The van der Waals surface area contributed by atoms with E-state index in [0.29, 0.717) is 5.56 Å². The molecule has 1 aromatic carbocycles. The first-order chi connectivity index (χ1) is 6.63. The van der Waals surface area contributed by atoms with Gasteiger partial charge in [-0.25, -0.2) is 4.39 Å². The number of nitrogens with one attached hydrogen (secondary N) is 1. The van der Waals surface area contributed by atoms with Crippen molar-refractivity contribution in [2.45, 2.75) is 12.5 Å². The van der Waals surface area contributed by atoms with Crippen molar-refractivity contribution in [2.75, 3.05) is 0 Å². The van der Waals surface area contributed by atoms with Gasteiger partial charge in [0, 0.05) is 6.42 Å². The molecule has 5 heteroatoms. The van der Waals surface area contributed by atoms with Crippen molar-refractivity contribution < 1.29 is 19.5 Å². The molecule has 0 saturated heterocycles. The Morgan fingerprint density at radius 2 is 2.00 bits per heavy atom. The third-order valence-electron chi connectivity index (χ3n) is 1.81. The van der Waals surface area contributed by atoms with Crippen LogP contribution in [-0.4, -0.2) is 22.3 Å². The second-order valence-electron chi connectivity index (χ2n) is 2.85. The lowest BCUT2D eigenvalue weighted by molar-refractivity contribution is -0.142. The third-order valence-corrected chi connectivity index (χ3v) is 1.81. The monoisotopic (exact) mass is 199 g/mol. The zero-order chi connectivity index (χ0) is 10.6. The maximum absolute atomic E-state index is 12.5. The summed E-state index contributed by atoms with van der Waals surface area (Å²) in [7, 11) is 0. The van der Waals surface area contributed by atoms with Crippen molar-refractivity contribution >= 4 is 5.97 Å². The normalized spacial score (nSPS) is 12.4. The number of aliphatic carboxylic acids is 1. The van der Waals surface area contributed by atoms with Crippen LogP contribution in [0.1, 0.15) is 5.56 Å². The van der Waals surface area contributed by atoms with E-state index >= 15 is 0 Å². The molecule has 3 N–H and O–H groups in total. The van der Waals surface area contributed by atoms with Crippen LogP contribution in [0, 0.1) is 5.82 Å². The minimum Gasteiger partial charge on any atom is -0.480 e. The maximum atomic E-state index is 12.5. The summed E-state index contributed by atoms with van der Waals surface area (Å²) < 4.78 is 12.5. The van der Waals surface area contributed by atoms with Crippen LogP contribution in [0.3, 0.4) is 0 Å². The highest BCUT2D eigenvalue weighted by atomic mass is 19.1. The molecule has 0 radical (unpaired) electrons. The molecule has 1 atom stereocenters. The van der Waals surface area contributed by atoms with Gasteiger partial charge in [-0.05, 0) is 17.7 Å². The molecule has 4 nitrogen and oxygen atoms in total. The quantitative estimate of drug-likeness (QED) is 0.627. The number of halogens is 1. The average molecular weight is 199 g/mol. The SMILES string of the molecule is O=C(O)[C@H](Cc1ccc(F)cc1)NO. The van der Waals surface area contributed by atoms with E-state index in [1.54, 1.807) is 5.48 Å². The Kier molecular flexibility index (Phi) is 3.55. The second kappa shape index (κ2) is 4.69. The summed E-state index contributed by atoms with van der Waals surface area (Å²) in [4.78, 5) is 10.5. The molecule has 76 valence electrons. The van der Waals surface area contributed by atoms with Gasteiger partial charge in [0.2, 0.25) is 0 Å². The predicted octanol–water partition coefficient (Wildman–Crippen LogP) is 0.800. The van der Waals surface area contributed by atoms with Crippen LogP contribution in [0.4, 0.5) is 4.39 Å². The van der Waals surface area contributed by atoms with Crippen LogP contribution in [0.25, 0.3) is 0 Å². The van der Waals surface area contributed by atoms with E-state index < -0.39 is 12.0 Å². The number of hydrogen-bond donors (Lipinski definition) is 3. The van der Waals surface area contributed by atoms with Gasteiger partial charge in [-0.2, -0.15) is 5.48 Å². The summed E-state index contributed by atoms with van der Waals surface area (Å²) in [5.41, 5.74) is 2.31. The second-order valence-corrected chi connectivity index (χ2v) is 2.85. The fraction of sp³-hybridized carbons (Fsp3) is 0.222. The lowest BCUT2D eigenvalue weighted by Gasteiger charge is -2.09. The first-order valence-electron chi connectivity index (χ1n) is 4.00. The molecule has 0 amide bonds. The fourth-order valence-corrected chi connectivity index (χ4v) is 1.04. The lowest BCUT2D eigenvalue weighted by Crippen LogP contribution is -2.36. The third kappa shape index (κ3) is 2.79. The Bertz CT molecular complexity index is 312. The van der Waals surface area contributed by atoms with Gasteiger partial charge in [0.15, 0.2) is 0 Å². The number of carbonyl (C=O) groups is 1. The van der Waals surface area contributed by atoms with Gasteiger partial charge in [-0.1, -0.05) is 12.1 Å². The zero-order valence-electron chi connectivity index (χ0n) is 7.27.